The Labute approximate surface area is 161 Å². The van der Waals surface area contributed by atoms with Gasteiger partial charge < -0.3 is 15.0 Å². The summed E-state index contributed by atoms with van der Waals surface area (Å²) in [6.45, 7) is 9.02. The fourth-order valence-corrected chi connectivity index (χ4v) is 4.94. The van der Waals surface area contributed by atoms with Crippen LogP contribution in [-0.2, 0) is 6.54 Å². The molecule has 1 aromatic heterocycles. The number of rotatable bonds is 5. The lowest BCUT2D eigenvalue weighted by molar-refractivity contribution is 0.0162. The summed E-state index contributed by atoms with van der Waals surface area (Å²) >= 11 is 6.34. The fourth-order valence-electron chi connectivity index (χ4n) is 4.72. The third-order valence-corrected chi connectivity index (χ3v) is 6.85. The number of H-pyrrole nitrogens is 1. The van der Waals surface area contributed by atoms with Crippen molar-refractivity contribution in [3.05, 3.63) is 34.5 Å². The van der Waals surface area contributed by atoms with Crippen molar-refractivity contribution in [3.63, 3.8) is 0 Å². The Balaban J connectivity index is 1.42. The van der Waals surface area contributed by atoms with Gasteiger partial charge in [0.2, 0.25) is 0 Å². The third kappa shape index (κ3) is 3.53. The molecule has 2 aromatic rings. The number of nitrogens with zero attached hydrogens (tertiary/aromatic N) is 2. The molecule has 0 bridgehead atoms. The molecule has 2 fully saturated rings. The van der Waals surface area contributed by atoms with Gasteiger partial charge in [0.05, 0.1) is 17.1 Å². The van der Waals surface area contributed by atoms with Gasteiger partial charge in [0, 0.05) is 29.6 Å². The topological polar surface area (TPSA) is 42.5 Å². The summed E-state index contributed by atoms with van der Waals surface area (Å²) in [7, 11) is 0. The highest BCUT2D eigenvalue weighted by Crippen LogP contribution is 2.34. The van der Waals surface area contributed by atoms with Crippen LogP contribution in [0.5, 0.6) is 0 Å². The second-order valence-electron chi connectivity index (χ2n) is 8.31. The molecule has 0 saturated carbocycles. The minimum atomic E-state index is 0.0969. The van der Waals surface area contributed by atoms with Crippen LogP contribution < -0.4 is 0 Å². The SMILES string of the molecule is Cc1c(CN2CCC(CO)(CN3CCCC3)CC2)[nH]c2c(Cl)cccc12. The Morgan fingerprint density at radius 3 is 2.50 bits per heavy atom. The first-order chi connectivity index (χ1) is 12.6. The van der Waals surface area contributed by atoms with E-state index in [1.165, 1.54) is 42.6 Å². The number of aliphatic hydroxyl groups is 1. The van der Waals surface area contributed by atoms with E-state index >= 15 is 0 Å². The van der Waals surface area contributed by atoms with Crippen molar-refractivity contribution in [2.75, 3.05) is 39.3 Å². The lowest BCUT2D eigenvalue weighted by Crippen LogP contribution is -2.47. The molecule has 0 unspecified atom stereocenters. The summed E-state index contributed by atoms with van der Waals surface area (Å²) in [4.78, 5) is 8.61. The zero-order valence-electron chi connectivity index (χ0n) is 15.7. The molecule has 1 aromatic carbocycles. The van der Waals surface area contributed by atoms with Gasteiger partial charge in [-0.3, -0.25) is 4.90 Å². The maximum Gasteiger partial charge on any atom is 0.0648 e. The Bertz CT molecular complexity index is 758. The Kier molecular flexibility index (Phi) is 5.29. The Hall–Kier alpha value is -1.07. The number of hydrogen-bond donors (Lipinski definition) is 2. The number of benzene rings is 1. The number of aliphatic hydroxyl groups excluding tert-OH is 1. The van der Waals surface area contributed by atoms with E-state index in [0.717, 1.165) is 49.6 Å². The van der Waals surface area contributed by atoms with E-state index in [4.69, 9.17) is 11.6 Å². The Morgan fingerprint density at radius 2 is 1.85 bits per heavy atom. The highest BCUT2D eigenvalue weighted by Gasteiger charge is 2.36. The number of aromatic nitrogens is 1. The summed E-state index contributed by atoms with van der Waals surface area (Å²) in [6, 6.07) is 6.10. The van der Waals surface area contributed by atoms with E-state index in [2.05, 4.69) is 27.8 Å². The fraction of sp³-hybridized carbons (Fsp3) is 0.619. The van der Waals surface area contributed by atoms with Gasteiger partial charge in [-0.15, -0.1) is 0 Å². The van der Waals surface area contributed by atoms with Crippen molar-refractivity contribution in [2.45, 2.75) is 39.2 Å². The largest absolute Gasteiger partial charge is 0.396 e. The van der Waals surface area contributed by atoms with Crippen LogP contribution in [-0.4, -0.2) is 59.2 Å². The number of aryl methyl sites for hydroxylation is 1. The minimum Gasteiger partial charge on any atom is -0.396 e. The Morgan fingerprint density at radius 1 is 1.12 bits per heavy atom. The van der Waals surface area contributed by atoms with E-state index in [-0.39, 0.29) is 5.41 Å². The van der Waals surface area contributed by atoms with Gasteiger partial charge in [-0.25, -0.2) is 0 Å². The standard InChI is InChI=1S/C21H30ClN3O/c1-16-17-5-4-6-18(22)20(17)23-19(16)13-24-11-7-21(15-26,8-12-24)14-25-9-2-3-10-25/h4-6,23,26H,2-3,7-15H2,1H3. The van der Waals surface area contributed by atoms with Crippen molar-refractivity contribution in [1.82, 2.24) is 14.8 Å². The molecule has 4 rings (SSSR count). The summed E-state index contributed by atoms with van der Waals surface area (Å²) in [6.07, 6.45) is 4.80. The molecule has 0 atom stereocenters. The quantitative estimate of drug-likeness (QED) is 0.835. The van der Waals surface area contributed by atoms with Crippen LogP contribution >= 0.6 is 11.6 Å². The van der Waals surface area contributed by atoms with Crippen molar-refractivity contribution in [1.29, 1.82) is 0 Å². The van der Waals surface area contributed by atoms with Gasteiger partial charge in [0.25, 0.3) is 0 Å². The molecule has 5 heteroatoms. The first kappa shape index (κ1) is 18.3. The summed E-state index contributed by atoms with van der Waals surface area (Å²) in [5.74, 6) is 0. The predicted octanol–water partition coefficient (Wildman–Crippen LogP) is 3.80. The van der Waals surface area contributed by atoms with E-state index in [1.807, 2.05) is 12.1 Å². The average Bonchev–Trinajstić information content (AvgIpc) is 3.27. The number of halogens is 1. The van der Waals surface area contributed by atoms with Gasteiger partial charge in [-0.05, 0) is 70.4 Å². The van der Waals surface area contributed by atoms with Gasteiger partial charge in [0.1, 0.15) is 0 Å². The van der Waals surface area contributed by atoms with Gasteiger partial charge in [-0.2, -0.15) is 0 Å². The van der Waals surface area contributed by atoms with E-state index in [9.17, 15) is 5.11 Å². The average molecular weight is 376 g/mol. The number of nitrogens with one attached hydrogen (secondary N) is 1. The molecule has 0 aliphatic carbocycles. The molecule has 0 spiro atoms. The summed E-state index contributed by atoms with van der Waals surface area (Å²) < 4.78 is 0. The maximum absolute atomic E-state index is 10.1. The van der Waals surface area contributed by atoms with Crippen LogP contribution in [0.3, 0.4) is 0 Å². The zero-order valence-corrected chi connectivity index (χ0v) is 16.5. The van der Waals surface area contributed by atoms with Crippen molar-refractivity contribution < 1.29 is 5.11 Å². The van der Waals surface area contributed by atoms with E-state index < -0.39 is 0 Å². The van der Waals surface area contributed by atoms with Gasteiger partial charge in [-0.1, -0.05) is 23.7 Å². The molecule has 142 valence electrons. The molecule has 2 N–H and O–H groups in total. The van der Waals surface area contributed by atoms with Crippen molar-refractivity contribution in [3.8, 4) is 0 Å². The molecule has 0 amide bonds. The molecular weight excluding hydrogens is 346 g/mol. The van der Waals surface area contributed by atoms with Gasteiger partial charge >= 0.3 is 0 Å². The van der Waals surface area contributed by atoms with Gasteiger partial charge in [0.15, 0.2) is 0 Å². The van der Waals surface area contributed by atoms with E-state index in [1.54, 1.807) is 0 Å². The first-order valence-electron chi connectivity index (χ1n) is 9.91. The number of aromatic amines is 1. The lowest BCUT2D eigenvalue weighted by Gasteiger charge is -2.42. The number of piperidine rings is 1. The molecule has 3 heterocycles. The highest BCUT2D eigenvalue weighted by molar-refractivity contribution is 6.35. The van der Waals surface area contributed by atoms with E-state index in [0.29, 0.717) is 6.61 Å². The molecule has 26 heavy (non-hydrogen) atoms. The summed E-state index contributed by atoms with van der Waals surface area (Å²) in [5, 5.41) is 12.1. The number of fused-ring (bicyclic) bond motifs is 1. The normalized spacial score (nSPS) is 21.7. The molecule has 2 aliphatic heterocycles. The maximum atomic E-state index is 10.1. The lowest BCUT2D eigenvalue weighted by atomic mass is 9.78. The molecule has 4 nitrogen and oxygen atoms in total. The summed E-state index contributed by atoms with van der Waals surface area (Å²) in [5.41, 5.74) is 3.72. The van der Waals surface area contributed by atoms with Crippen molar-refractivity contribution in [2.24, 2.45) is 5.41 Å². The zero-order chi connectivity index (χ0) is 18.1. The number of para-hydroxylation sites is 1. The van der Waals surface area contributed by atoms with Crippen LogP contribution in [0, 0.1) is 12.3 Å². The third-order valence-electron chi connectivity index (χ3n) is 6.54. The molecule has 2 saturated heterocycles. The van der Waals surface area contributed by atoms with Crippen molar-refractivity contribution >= 4 is 22.5 Å². The second kappa shape index (κ2) is 7.51. The van der Waals surface area contributed by atoms with Crippen LogP contribution in [0.15, 0.2) is 18.2 Å². The van der Waals surface area contributed by atoms with Crippen LogP contribution in [0.25, 0.3) is 10.9 Å². The second-order valence-corrected chi connectivity index (χ2v) is 8.72. The number of hydrogen-bond acceptors (Lipinski definition) is 3. The molecule has 0 radical (unpaired) electrons. The molecule has 2 aliphatic rings. The van der Waals surface area contributed by atoms with Crippen LogP contribution in [0.4, 0.5) is 0 Å². The minimum absolute atomic E-state index is 0.0969. The predicted molar refractivity (Wildman–Crippen MR) is 108 cm³/mol. The monoisotopic (exact) mass is 375 g/mol. The first-order valence-corrected chi connectivity index (χ1v) is 10.3. The molecular formula is C21H30ClN3O. The number of likely N-dealkylation sites (tertiary alicyclic amines) is 2. The van der Waals surface area contributed by atoms with Crippen LogP contribution in [0.2, 0.25) is 5.02 Å². The van der Waals surface area contributed by atoms with Crippen LogP contribution in [0.1, 0.15) is 36.9 Å². The highest BCUT2D eigenvalue weighted by atomic mass is 35.5. The smallest absolute Gasteiger partial charge is 0.0648 e.